The molecule has 13 heteroatoms. The second-order valence-corrected chi connectivity index (χ2v) is 6.79. The van der Waals surface area contributed by atoms with Crippen molar-refractivity contribution in [2.45, 2.75) is 37.4 Å². The van der Waals surface area contributed by atoms with Crippen molar-refractivity contribution in [2.24, 2.45) is 0 Å². The van der Waals surface area contributed by atoms with E-state index >= 15 is 0 Å². The Labute approximate surface area is 137 Å². The molecule has 3 aliphatic rings. The number of carbonyl (C=O) groups excluding carboxylic acids is 3. The highest BCUT2D eigenvalue weighted by molar-refractivity contribution is 7.80. The predicted octanol–water partition coefficient (Wildman–Crippen LogP) is -2.50. The number of nitrogens with one attached hydrogen (secondary N) is 3. The van der Waals surface area contributed by atoms with Gasteiger partial charge >= 0.3 is 16.4 Å². The number of amides is 4. The second kappa shape index (κ2) is 6.16. The first kappa shape index (κ1) is 16.9. The van der Waals surface area contributed by atoms with Crippen LogP contribution in [0.4, 0.5) is 4.79 Å². The molecule has 0 aliphatic carbocycles. The van der Waals surface area contributed by atoms with Crippen LogP contribution in [-0.2, 0) is 24.3 Å². The van der Waals surface area contributed by atoms with Gasteiger partial charge in [-0.3, -0.25) is 25.0 Å². The van der Waals surface area contributed by atoms with Gasteiger partial charge in [-0.15, -0.1) is 4.28 Å². The van der Waals surface area contributed by atoms with Crippen molar-refractivity contribution in [3.63, 3.8) is 0 Å². The largest absolute Gasteiger partial charge is 0.418 e. The van der Waals surface area contributed by atoms with Gasteiger partial charge in [-0.1, -0.05) is 0 Å². The maximum absolute atomic E-state index is 12.2. The lowest BCUT2D eigenvalue weighted by Crippen LogP contribution is -2.59. The van der Waals surface area contributed by atoms with Gasteiger partial charge in [0.15, 0.2) is 0 Å². The van der Waals surface area contributed by atoms with Crippen molar-refractivity contribution in [1.29, 1.82) is 0 Å². The Morgan fingerprint density at radius 3 is 2.46 bits per heavy atom. The van der Waals surface area contributed by atoms with E-state index in [0.29, 0.717) is 17.9 Å². The molecule has 4 amide bonds. The summed E-state index contributed by atoms with van der Waals surface area (Å²) in [5.41, 5.74) is 4.55. The quantitative estimate of drug-likeness (QED) is 0.315. The maximum Gasteiger partial charge on any atom is 0.418 e. The van der Waals surface area contributed by atoms with Crippen LogP contribution in [0, 0.1) is 0 Å². The molecule has 3 fully saturated rings. The number of rotatable bonds is 4. The molecule has 3 rings (SSSR count). The van der Waals surface area contributed by atoms with E-state index < -0.39 is 34.4 Å². The summed E-state index contributed by atoms with van der Waals surface area (Å²) in [7, 11) is -4.83. The molecule has 0 radical (unpaired) electrons. The molecule has 2 bridgehead atoms. The highest BCUT2D eigenvalue weighted by atomic mass is 32.3. The average Bonchev–Trinajstić information content (AvgIpc) is 2.67. The first-order valence-electron chi connectivity index (χ1n) is 7.36. The molecule has 3 heterocycles. The summed E-state index contributed by atoms with van der Waals surface area (Å²) < 4.78 is 34.6. The fraction of sp³-hybridized carbons (Fsp3) is 0.727. The van der Waals surface area contributed by atoms with Crippen molar-refractivity contribution < 1.29 is 31.6 Å². The van der Waals surface area contributed by atoms with E-state index in [4.69, 9.17) is 4.55 Å². The number of hydrogen-bond donors (Lipinski definition) is 4. The van der Waals surface area contributed by atoms with Crippen molar-refractivity contribution in [2.75, 3.05) is 13.1 Å². The first-order valence-corrected chi connectivity index (χ1v) is 8.73. The molecule has 0 aromatic rings. The lowest BCUT2D eigenvalue weighted by atomic mass is 10.0. The van der Waals surface area contributed by atoms with Gasteiger partial charge in [0.2, 0.25) is 0 Å². The summed E-state index contributed by atoms with van der Waals surface area (Å²) in [6.45, 7) is 0.826. The van der Waals surface area contributed by atoms with Crippen molar-refractivity contribution >= 4 is 28.2 Å². The fourth-order valence-corrected chi connectivity index (χ4v) is 3.30. The van der Waals surface area contributed by atoms with Gasteiger partial charge in [-0.25, -0.2) is 4.79 Å². The molecule has 4 N–H and O–H groups in total. The minimum absolute atomic E-state index is 0.0879. The van der Waals surface area contributed by atoms with E-state index in [1.165, 1.54) is 0 Å². The summed E-state index contributed by atoms with van der Waals surface area (Å²) in [4.78, 5) is 37.1. The number of hydrazine groups is 1. The van der Waals surface area contributed by atoms with Crippen LogP contribution in [0.3, 0.4) is 0 Å². The van der Waals surface area contributed by atoms with Crippen LogP contribution in [-0.4, -0.2) is 72.0 Å². The Bertz CT molecular complexity index is 664. The predicted molar refractivity (Wildman–Crippen MR) is 76.1 cm³/mol. The lowest BCUT2D eigenvalue weighted by Gasteiger charge is -2.30. The Kier molecular flexibility index (Phi) is 4.33. The third-order valence-corrected chi connectivity index (χ3v) is 4.60. The number of piperidine rings is 1. The van der Waals surface area contributed by atoms with Crippen LogP contribution in [0.2, 0.25) is 0 Å². The van der Waals surface area contributed by atoms with E-state index in [0.717, 1.165) is 11.4 Å². The summed E-state index contributed by atoms with van der Waals surface area (Å²) >= 11 is 0. The molecule has 24 heavy (non-hydrogen) atoms. The smallest absolute Gasteiger partial charge is 0.309 e. The number of nitrogens with zero attached hydrogens (tertiary/aromatic N) is 2. The van der Waals surface area contributed by atoms with Gasteiger partial charge in [0.05, 0.1) is 12.1 Å². The molecule has 1 unspecified atom stereocenters. The summed E-state index contributed by atoms with van der Waals surface area (Å²) in [6.07, 6.45) is 1.26. The van der Waals surface area contributed by atoms with E-state index in [2.05, 4.69) is 20.5 Å². The highest BCUT2D eigenvalue weighted by Crippen LogP contribution is 2.30. The number of hydroxylamine groups is 2. The van der Waals surface area contributed by atoms with Gasteiger partial charge in [-0.05, 0) is 25.8 Å². The van der Waals surface area contributed by atoms with E-state index in [1.54, 1.807) is 0 Å². The molecular weight excluding hydrogens is 346 g/mol. The molecule has 12 nitrogen and oxygen atoms in total. The Balaban J connectivity index is 1.58. The molecule has 134 valence electrons. The zero-order valence-corrected chi connectivity index (χ0v) is 13.3. The van der Waals surface area contributed by atoms with Crippen LogP contribution in [0.15, 0.2) is 0 Å². The molecule has 3 atom stereocenters. The maximum atomic E-state index is 12.2. The molecular formula is C11H17N5O7S. The number of hydrogen-bond acceptors (Lipinski definition) is 7. The Morgan fingerprint density at radius 2 is 1.88 bits per heavy atom. The number of urea groups is 1. The standard InChI is InChI=1S/C11H17N5O7S/c17-9(7-3-4-12-7)13-14-10(18)8-2-1-6-5-15(8)11(19)16(6)23-24(20,21)22/h6-8,12H,1-5H2,(H,13,17)(H,14,18)(H,20,21,22)/t6-,7?,8+/m1/s1. The van der Waals surface area contributed by atoms with Crippen LogP contribution >= 0.6 is 0 Å². The second-order valence-electron chi connectivity index (χ2n) is 5.78. The SMILES string of the molecule is O=C(NNC(=O)[C@@H]1CC[C@@H]2CN1C(=O)N2OS(=O)(=O)O)C1CCN1. The summed E-state index contributed by atoms with van der Waals surface area (Å²) in [6, 6.07) is -2.61. The summed E-state index contributed by atoms with van der Waals surface area (Å²) in [5, 5.41) is 3.43. The van der Waals surface area contributed by atoms with E-state index in [1.807, 2.05) is 0 Å². The lowest BCUT2D eigenvalue weighted by molar-refractivity contribution is -0.133. The van der Waals surface area contributed by atoms with Crippen LogP contribution in [0.5, 0.6) is 0 Å². The minimum Gasteiger partial charge on any atom is -0.309 e. The van der Waals surface area contributed by atoms with Crippen molar-refractivity contribution in [3.05, 3.63) is 0 Å². The zero-order valence-electron chi connectivity index (χ0n) is 12.5. The number of carbonyl (C=O) groups is 3. The monoisotopic (exact) mass is 363 g/mol. The zero-order chi connectivity index (χ0) is 17.5. The van der Waals surface area contributed by atoms with Crippen LogP contribution in [0.25, 0.3) is 0 Å². The third kappa shape index (κ3) is 3.28. The molecule has 0 spiro atoms. The van der Waals surface area contributed by atoms with Crippen molar-refractivity contribution in [1.82, 2.24) is 26.1 Å². The average molecular weight is 363 g/mol. The molecule has 0 saturated carbocycles. The van der Waals surface area contributed by atoms with Gasteiger partial charge in [0, 0.05) is 6.54 Å². The normalized spacial score (nSPS) is 29.2. The minimum atomic E-state index is -4.83. The summed E-state index contributed by atoms with van der Waals surface area (Å²) in [5.74, 6) is -0.949. The van der Waals surface area contributed by atoms with Gasteiger partial charge in [0.1, 0.15) is 6.04 Å². The fourth-order valence-electron chi connectivity index (χ4n) is 2.91. The van der Waals surface area contributed by atoms with Crippen LogP contribution in [0.1, 0.15) is 19.3 Å². The van der Waals surface area contributed by atoms with Gasteiger partial charge < -0.3 is 10.2 Å². The van der Waals surface area contributed by atoms with E-state index in [-0.39, 0.29) is 24.9 Å². The van der Waals surface area contributed by atoms with E-state index in [9.17, 15) is 22.8 Å². The Hall–Kier alpha value is -1.96. The Morgan fingerprint density at radius 1 is 1.21 bits per heavy atom. The topological polar surface area (TPSA) is 157 Å². The van der Waals surface area contributed by atoms with Crippen molar-refractivity contribution in [3.8, 4) is 0 Å². The van der Waals surface area contributed by atoms with Gasteiger partial charge in [-0.2, -0.15) is 13.5 Å². The van der Waals surface area contributed by atoms with Gasteiger partial charge in [0.25, 0.3) is 11.8 Å². The molecule has 3 saturated heterocycles. The molecule has 0 aromatic heterocycles. The molecule has 3 aliphatic heterocycles. The molecule has 0 aromatic carbocycles. The number of fused-ring (bicyclic) bond motifs is 2. The first-order chi connectivity index (χ1) is 11.3. The highest BCUT2D eigenvalue weighted by Gasteiger charge is 2.49. The van der Waals surface area contributed by atoms with Crippen LogP contribution < -0.4 is 16.2 Å². The third-order valence-electron chi connectivity index (χ3n) is 4.25.